The zero-order valence-corrected chi connectivity index (χ0v) is 40.5. The summed E-state index contributed by atoms with van der Waals surface area (Å²) in [5.41, 5.74) is -1.66. The van der Waals surface area contributed by atoms with Crippen LogP contribution < -0.4 is 21.3 Å². The molecule has 0 aliphatic heterocycles. The molecule has 15 nitrogen and oxygen atoms in total. The molecule has 0 aliphatic carbocycles. The van der Waals surface area contributed by atoms with Gasteiger partial charge < -0.3 is 35.5 Å². The van der Waals surface area contributed by atoms with Gasteiger partial charge in [-0.15, -0.1) is 0 Å². The lowest BCUT2D eigenvalue weighted by molar-refractivity contribution is -0.156. The van der Waals surface area contributed by atoms with Crippen LogP contribution in [0.25, 0.3) is 21.7 Å². The Labute approximate surface area is 399 Å². The Morgan fingerprint density at radius 3 is 1.79 bits per heavy atom. The molecule has 0 spiro atoms. The van der Waals surface area contributed by atoms with Gasteiger partial charge in [0.15, 0.2) is 0 Å². The van der Waals surface area contributed by atoms with Crippen molar-refractivity contribution in [2.24, 2.45) is 0 Å². The standard InChI is InChI=1S/C50H57Cl2N5O10/c1-48(2,3)65-41(58)23-21-36(43(60)53-35-19-16-33(51)17-20-35)54-45(62)38(28-42(59)66-49(4,5)6)55-44(61)37(25-29-14-15-30-12-10-11-13-31(30)24-29)56-46(63)40-27-32-26-34(52)18-22-39(32)57(40)47(64)67-50(7,8)9/h10-20,22,24,26-27,36-38H,21,23,25,28H2,1-9H3,(H,53,60)(H,54,62)(H,55,61)(H,56,63)/t36-,37-,38-/m0/s1. The third-order valence-electron chi connectivity index (χ3n) is 9.67. The van der Waals surface area contributed by atoms with Gasteiger partial charge in [-0.3, -0.25) is 28.8 Å². The summed E-state index contributed by atoms with van der Waals surface area (Å²) >= 11 is 12.3. The first-order valence-electron chi connectivity index (χ1n) is 21.7. The molecule has 356 valence electrons. The summed E-state index contributed by atoms with van der Waals surface area (Å²) in [6.45, 7) is 15.0. The van der Waals surface area contributed by atoms with E-state index < -0.39 is 83.0 Å². The Morgan fingerprint density at radius 2 is 1.15 bits per heavy atom. The largest absolute Gasteiger partial charge is 0.460 e. The fourth-order valence-corrected chi connectivity index (χ4v) is 7.20. The number of aromatic nitrogens is 1. The number of rotatable bonds is 15. The van der Waals surface area contributed by atoms with E-state index in [0.717, 1.165) is 15.3 Å². The quantitative estimate of drug-likeness (QED) is 0.0581. The van der Waals surface area contributed by atoms with Crippen molar-refractivity contribution in [1.29, 1.82) is 0 Å². The molecule has 1 aromatic heterocycles. The normalized spacial score (nSPS) is 13.2. The van der Waals surface area contributed by atoms with E-state index in [1.54, 1.807) is 111 Å². The highest BCUT2D eigenvalue weighted by atomic mass is 35.5. The fourth-order valence-electron chi connectivity index (χ4n) is 6.89. The third-order valence-corrected chi connectivity index (χ3v) is 10.2. The van der Waals surface area contributed by atoms with Crippen LogP contribution in [0.15, 0.2) is 91.0 Å². The maximum atomic E-state index is 14.7. The number of nitrogens with one attached hydrogen (secondary N) is 4. The average Bonchev–Trinajstić information content (AvgIpc) is 3.59. The lowest BCUT2D eigenvalue weighted by Crippen LogP contribution is -2.57. The Balaban J connectivity index is 1.51. The zero-order valence-electron chi connectivity index (χ0n) is 39.0. The molecule has 17 heteroatoms. The maximum Gasteiger partial charge on any atom is 0.419 e. The second-order valence-electron chi connectivity index (χ2n) is 19.0. The molecule has 0 saturated carbocycles. The van der Waals surface area contributed by atoms with Crippen LogP contribution in [-0.4, -0.2) is 81.2 Å². The Hall–Kier alpha value is -6.45. The first-order valence-corrected chi connectivity index (χ1v) is 22.4. The molecule has 4 N–H and O–H groups in total. The summed E-state index contributed by atoms with van der Waals surface area (Å²) in [4.78, 5) is 97.3. The van der Waals surface area contributed by atoms with Crippen LogP contribution in [0.2, 0.25) is 10.0 Å². The van der Waals surface area contributed by atoms with Gasteiger partial charge in [0.05, 0.1) is 11.9 Å². The number of carbonyl (C=O) groups is 7. The number of anilines is 1. The van der Waals surface area contributed by atoms with Crippen molar-refractivity contribution in [3.05, 3.63) is 112 Å². The summed E-state index contributed by atoms with van der Waals surface area (Å²) in [6, 6.07) is 20.9. The van der Waals surface area contributed by atoms with Crippen molar-refractivity contribution < 1.29 is 47.8 Å². The van der Waals surface area contributed by atoms with E-state index >= 15 is 0 Å². The molecule has 0 radical (unpaired) electrons. The SMILES string of the molecule is CC(C)(C)OC(=O)CC[C@H](NC(=O)[C@H](CC(=O)OC(C)(C)C)NC(=O)[C@H](Cc1ccc2ccccc2c1)NC(=O)c1cc2cc(Cl)ccc2n1C(=O)OC(C)(C)C)C(=O)Nc1ccc(Cl)cc1. The van der Waals surface area contributed by atoms with Gasteiger partial charge >= 0.3 is 18.0 Å². The molecule has 3 atom stereocenters. The molecule has 0 bridgehead atoms. The molecule has 1 heterocycles. The number of ether oxygens (including phenoxy) is 3. The van der Waals surface area contributed by atoms with Crippen LogP contribution >= 0.6 is 23.2 Å². The van der Waals surface area contributed by atoms with E-state index in [2.05, 4.69) is 21.3 Å². The van der Waals surface area contributed by atoms with Crippen molar-refractivity contribution in [1.82, 2.24) is 20.5 Å². The molecule has 67 heavy (non-hydrogen) atoms. The molecule has 5 aromatic rings. The predicted octanol–water partition coefficient (Wildman–Crippen LogP) is 8.69. The van der Waals surface area contributed by atoms with Crippen molar-refractivity contribution in [2.75, 3.05) is 5.32 Å². The molecule has 0 fully saturated rings. The number of fused-ring (bicyclic) bond motifs is 2. The van der Waals surface area contributed by atoms with E-state index in [-0.39, 0.29) is 25.0 Å². The summed E-state index contributed by atoms with van der Waals surface area (Å²) in [5, 5.41) is 13.7. The van der Waals surface area contributed by atoms with Crippen molar-refractivity contribution in [2.45, 2.75) is 123 Å². The molecule has 0 unspecified atom stereocenters. The molecule has 5 rings (SSSR count). The zero-order chi connectivity index (χ0) is 49.4. The summed E-state index contributed by atoms with van der Waals surface area (Å²) in [6.07, 6.45) is -2.20. The van der Waals surface area contributed by atoms with Gasteiger partial charge in [0.2, 0.25) is 17.7 Å². The van der Waals surface area contributed by atoms with Gasteiger partial charge in [-0.05, 0) is 134 Å². The van der Waals surface area contributed by atoms with E-state index in [0.29, 0.717) is 32.2 Å². The molecule has 4 aromatic carbocycles. The highest BCUT2D eigenvalue weighted by Crippen LogP contribution is 2.26. The first kappa shape index (κ1) is 51.5. The maximum absolute atomic E-state index is 14.7. The van der Waals surface area contributed by atoms with Gasteiger partial charge in [-0.25, -0.2) is 9.36 Å². The van der Waals surface area contributed by atoms with Gasteiger partial charge in [-0.1, -0.05) is 65.7 Å². The monoisotopic (exact) mass is 957 g/mol. The topological polar surface area (TPSA) is 200 Å². The average molecular weight is 959 g/mol. The number of carbonyl (C=O) groups excluding carboxylic acids is 7. The fraction of sp³-hybridized carbons (Fsp3) is 0.380. The van der Waals surface area contributed by atoms with Crippen molar-refractivity contribution in [3.63, 3.8) is 0 Å². The molecule has 4 amide bonds. The Kier molecular flexibility index (Phi) is 16.5. The second-order valence-corrected chi connectivity index (χ2v) is 19.9. The second kappa shape index (κ2) is 21.5. The predicted molar refractivity (Wildman–Crippen MR) is 257 cm³/mol. The third kappa shape index (κ3) is 15.6. The highest BCUT2D eigenvalue weighted by Gasteiger charge is 2.35. The van der Waals surface area contributed by atoms with Crippen LogP contribution in [0, 0.1) is 0 Å². The number of halogens is 2. The minimum absolute atomic E-state index is 0.121. The molecular formula is C50H57Cl2N5O10. The smallest absolute Gasteiger partial charge is 0.419 e. The number of benzene rings is 4. The van der Waals surface area contributed by atoms with Crippen molar-refractivity contribution in [3.8, 4) is 0 Å². The Bertz CT molecular complexity index is 2660. The van der Waals surface area contributed by atoms with Gasteiger partial charge in [-0.2, -0.15) is 0 Å². The summed E-state index contributed by atoms with van der Waals surface area (Å²) in [7, 11) is 0. The molecule has 0 aliphatic rings. The summed E-state index contributed by atoms with van der Waals surface area (Å²) in [5.74, 6) is -4.94. The van der Waals surface area contributed by atoms with E-state index in [4.69, 9.17) is 37.4 Å². The number of amides is 4. The van der Waals surface area contributed by atoms with Crippen LogP contribution in [0.1, 0.15) is 97.6 Å². The number of esters is 2. The minimum atomic E-state index is -1.68. The van der Waals surface area contributed by atoms with Gasteiger partial charge in [0.1, 0.15) is 40.6 Å². The number of hydrogen-bond donors (Lipinski definition) is 4. The number of hydrogen-bond acceptors (Lipinski definition) is 10. The molecular weight excluding hydrogens is 901 g/mol. The molecule has 0 saturated heterocycles. The number of nitrogens with zero attached hydrogens (tertiary/aromatic N) is 1. The van der Waals surface area contributed by atoms with E-state index in [1.807, 2.05) is 36.4 Å². The van der Waals surface area contributed by atoms with Gasteiger partial charge in [0.25, 0.3) is 5.91 Å². The lowest BCUT2D eigenvalue weighted by Gasteiger charge is -2.27. The Morgan fingerprint density at radius 1 is 0.567 bits per heavy atom. The van der Waals surface area contributed by atoms with Crippen LogP contribution in [0.3, 0.4) is 0 Å². The van der Waals surface area contributed by atoms with Crippen molar-refractivity contribution >= 4 is 92.2 Å². The van der Waals surface area contributed by atoms with Crippen LogP contribution in [0.4, 0.5) is 10.5 Å². The summed E-state index contributed by atoms with van der Waals surface area (Å²) < 4.78 is 17.8. The van der Waals surface area contributed by atoms with E-state index in [9.17, 15) is 33.6 Å². The van der Waals surface area contributed by atoms with Crippen LogP contribution in [0.5, 0.6) is 0 Å². The first-order chi connectivity index (χ1) is 31.2. The van der Waals surface area contributed by atoms with Crippen LogP contribution in [-0.2, 0) is 44.6 Å². The minimum Gasteiger partial charge on any atom is -0.460 e. The highest BCUT2D eigenvalue weighted by molar-refractivity contribution is 6.31. The lowest BCUT2D eigenvalue weighted by atomic mass is 10.0. The van der Waals surface area contributed by atoms with E-state index in [1.165, 1.54) is 6.07 Å². The van der Waals surface area contributed by atoms with Gasteiger partial charge in [0, 0.05) is 34.0 Å².